The van der Waals surface area contributed by atoms with Crippen molar-refractivity contribution in [2.45, 2.75) is 12.2 Å². The molecule has 0 spiro atoms. The summed E-state index contributed by atoms with van der Waals surface area (Å²) in [4.78, 5) is 4.15. The summed E-state index contributed by atoms with van der Waals surface area (Å²) >= 11 is 11.5. The van der Waals surface area contributed by atoms with E-state index in [0.29, 0.717) is 10.6 Å². The van der Waals surface area contributed by atoms with Gasteiger partial charge in [0, 0.05) is 11.6 Å². The van der Waals surface area contributed by atoms with Gasteiger partial charge in [0.25, 0.3) is 0 Å². The van der Waals surface area contributed by atoms with Gasteiger partial charge >= 0.3 is 0 Å². The van der Waals surface area contributed by atoms with Crippen LogP contribution in [0.3, 0.4) is 0 Å². The molecule has 0 radical (unpaired) electrons. The second-order valence-corrected chi connectivity index (χ2v) is 4.45. The van der Waals surface area contributed by atoms with Gasteiger partial charge in [-0.3, -0.25) is 4.98 Å². The normalized spacial score (nSPS) is 14.8. The Labute approximate surface area is 109 Å². The Balaban J connectivity index is 2.47. The molecule has 0 saturated carbocycles. The van der Waals surface area contributed by atoms with Crippen molar-refractivity contribution in [1.82, 2.24) is 4.98 Å². The maximum Gasteiger partial charge on any atom is 0.106 e. The highest BCUT2D eigenvalue weighted by atomic mass is 35.5. The Morgan fingerprint density at radius 3 is 2.71 bits per heavy atom. The minimum absolute atomic E-state index is 0.0278. The molecular formula is C12H11Cl2NO2. The van der Waals surface area contributed by atoms with Crippen LogP contribution in [0, 0.1) is 0 Å². The number of rotatable bonds is 3. The van der Waals surface area contributed by atoms with Crippen molar-refractivity contribution in [3.8, 4) is 0 Å². The molecule has 1 aromatic heterocycles. The van der Waals surface area contributed by atoms with Gasteiger partial charge in [0.2, 0.25) is 0 Å². The van der Waals surface area contributed by atoms with Gasteiger partial charge in [0.05, 0.1) is 22.5 Å². The van der Waals surface area contributed by atoms with Gasteiger partial charge in [0.15, 0.2) is 0 Å². The highest BCUT2D eigenvalue weighted by Crippen LogP contribution is 2.26. The Bertz CT molecular complexity index is 533. The number of alkyl halides is 1. The number of halogens is 2. The quantitative estimate of drug-likeness (QED) is 0.844. The maximum absolute atomic E-state index is 9.84. The van der Waals surface area contributed by atoms with Gasteiger partial charge in [-0.25, -0.2) is 0 Å². The molecule has 2 rings (SSSR count). The first-order valence-electron chi connectivity index (χ1n) is 5.09. The van der Waals surface area contributed by atoms with Crippen molar-refractivity contribution in [3.05, 3.63) is 41.0 Å². The topological polar surface area (TPSA) is 53.4 Å². The number of aliphatic hydroxyl groups excluding tert-OH is 2. The van der Waals surface area contributed by atoms with Gasteiger partial charge in [-0.15, -0.1) is 11.6 Å². The van der Waals surface area contributed by atoms with E-state index in [9.17, 15) is 10.2 Å². The van der Waals surface area contributed by atoms with Gasteiger partial charge in [-0.05, 0) is 23.8 Å². The summed E-state index contributed by atoms with van der Waals surface area (Å²) in [7, 11) is 0. The minimum Gasteiger partial charge on any atom is -0.389 e. The van der Waals surface area contributed by atoms with E-state index in [4.69, 9.17) is 23.2 Å². The summed E-state index contributed by atoms with van der Waals surface area (Å²) in [5.74, 6) is -0.0278. The highest BCUT2D eigenvalue weighted by Gasteiger charge is 2.17. The van der Waals surface area contributed by atoms with Crippen molar-refractivity contribution in [3.63, 3.8) is 0 Å². The van der Waals surface area contributed by atoms with Crippen LogP contribution in [0.4, 0.5) is 0 Å². The predicted octanol–water partition coefficient (Wildman–Crippen LogP) is 2.52. The third-order valence-electron chi connectivity index (χ3n) is 2.58. The van der Waals surface area contributed by atoms with Gasteiger partial charge in [-0.1, -0.05) is 17.7 Å². The van der Waals surface area contributed by atoms with Crippen LogP contribution in [0.25, 0.3) is 10.9 Å². The lowest BCUT2D eigenvalue weighted by molar-refractivity contribution is 0.0328. The van der Waals surface area contributed by atoms with Crippen molar-refractivity contribution in [2.75, 3.05) is 5.88 Å². The lowest BCUT2D eigenvalue weighted by Crippen LogP contribution is -2.19. The van der Waals surface area contributed by atoms with E-state index < -0.39 is 12.2 Å². The number of pyridine rings is 1. The van der Waals surface area contributed by atoms with E-state index >= 15 is 0 Å². The van der Waals surface area contributed by atoms with Crippen molar-refractivity contribution in [2.24, 2.45) is 0 Å². The standard InChI is InChI=1S/C12H11Cl2NO2/c13-6-11(16)12(17)7-1-2-10-8(5-7)9(14)3-4-15-10/h1-5,11-12,16-17H,6H2. The van der Waals surface area contributed by atoms with Crippen molar-refractivity contribution in [1.29, 1.82) is 0 Å². The van der Waals surface area contributed by atoms with Crippen LogP contribution in [0.15, 0.2) is 30.5 Å². The molecular weight excluding hydrogens is 261 g/mol. The van der Waals surface area contributed by atoms with Crippen LogP contribution in [0.1, 0.15) is 11.7 Å². The molecule has 0 aliphatic carbocycles. The van der Waals surface area contributed by atoms with Gasteiger partial charge in [-0.2, -0.15) is 0 Å². The van der Waals surface area contributed by atoms with Gasteiger partial charge < -0.3 is 10.2 Å². The fourth-order valence-electron chi connectivity index (χ4n) is 1.62. The number of nitrogens with zero attached hydrogens (tertiary/aromatic N) is 1. The fraction of sp³-hybridized carbons (Fsp3) is 0.250. The van der Waals surface area contributed by atoms with E-state index in [1.54, 1.807) is 30.5 Å². The lowest BCUT2D eigenvalue weighted by Gasteiger charge is -2.16. The maximum atomic E-state index is 9.84. The van der Waals surface area contributed by atoms with E-state index in [1.165, 1.54) is 0 Å². The Morgan fingerprint density at radius 2 is 2.00 bits per heavy atom. The Morgan fingerprint density at radius 1 is 1.24 bits per heavy atom. The first-order chi connectivity index (χ1) is 8.13. The Kier molecular flexibility index (Phi) is 3.84. The third-order valence-corrected chi connectivity index (χ3v) is 3.22. The second kappa shape index (κ2) is 5.19. The zero-order chi connectivity index (χ0) is 12.4. The van der Waals surface area contributed by atoms with Crippen LogP contribution in [-0.2, 0) is 0 Å². The molecule has 2 atom stereocenters. The lowest BCUT2D eigenvalue weighted by atomic mass is 10.0. The molecule has 2 unspecified atom stereocenters. The Hall–Kier alpha value is -0.870. The van der Waals surface area contributed by atoms with E-state index in [0.717, 1.165) is 10.9 Å². The SMILES string of the molecule is OC(CCl)C(O)c1ccc2nccc(Cl)c2c1. The molecule has 2 aromatic rings. The summed E-state index contributed by atoms with van der Waals surface area (Å²) in [6.07, 6.45) is -0.397. The monoisotopic (exact) mass is 271 g/mol. The highest BCUT2D eigenvalue weighted by molar-refractivity contribution is 6.35. The van der Waals surface area contributed by atoms with Crippen LogP contribution < -0.4 is 0 Å². The fourth-order valence-corrected chi connectivity index (χ4v) is 2.00. The van der Waals surface area contributed by atoms with Crippen LogP contribution in [-0.4, -0.2) is 27.2 Å². The summed E-state index contributed by atoms with van der Waals surface area (Å²) in [6.45, 7) is 0. The third kappa shape index (κ3) is 2.53. The molecule has 3 nitrogen and oxygen atoms in total. The van der Waals surface area contributed by atoms with E-state index in [1.807, 2.05) is 0 Å². The molecule has 5 heteroatoms. The number of aliphatic hydroxyl groups is 2. The molecule has 2 N–H and O–H groups in total. The molecule has 1 aromatic carbocycles. The van der Waals surface area contributed by atoms with E-state index in [-0.39, 0.29) is 5.88 Å². The molecule has 1 heterocycles. The molecule has 0 aliphatic heterocycles. The first-order valence-corrected chi connectivity index (χ1v) is 6.01. The molecule has 90 valence electrons. The summed E-state index contributed by atoms with van der Waals surface area (Å²) in [6, 6.07) is 6.84. The average Bonchev–Trinajstić information content (AvgIpc) is 2.37. The number of hydrogen-bond donors (Lipinski definition) is 2. The first kappa shape index (κ1) is 12.6. The number of hydrogen-bond acceptors (Lipinski definition) is 3. The van der Waals surface area contributed by atoms with Crippen LogP contribution in [0.2, 0.25) is 5.02 Å². The number of fused-ring (bicyclic) bond motifs is 1. The molecule has 0 amide bonds. The second-order valence-electron chi connectivity index (χ2n) is 3.74. The summed E-state index contributed by atoms with van der Waals surface area (Å²) < 4.78 is 0. The molecule has 0 bridgehead atoms. The molecule has 0 fully saturated rings. The van der Waals surface area contributed by atoms with Crippen LogP contribution in [0.5, 0.6) is 0 Å². The molecule has 0 saturated heterocycles. The number of aromatic nitrogens is 1. The zero-order valence-corrected chi connectivity index (χ0v) is 10.4. The van der Waals surface area contributed by atoms with Crippen molar-refractivity contribution < 1.29 is 10.2 Å². The molecule has 17 heavy (non-hydrogen) atoms. The van der Waals surface area contributed by atoms with Gasteiger partial charge in [0.1, 0.15) is 6.10 Å². The summed E-state index contributed by atoms with van der Waals surface area (Å²) in [5, 5.41) is 20.6. The number of benzene rings is 1. The average molecular weight is 272 g/mol. The van der Waals surface area contributed by atoms with E-state index in [2.05, 4.69) is 4.98 Å². The molecule has 0 aliphatic rings. The largest absolute Gasteiger partial charge is 0.389 e. The summed E-state index contributed by atoms with van der Waals surface area (Å²) in [5.41, 5.74) is 1.31. The van der Waals surface area contributed by atoms with Crippen molar-refractivity contribution >= 4 is 34.1 Å². The predicted molar refractivity (Wildman–Crippen MR) is 68.4 cm³/mol. The smallest absolute Gasteiger partial charge is 0.106 e. The zero-order valence-electron chi connectivity index (χ0n) is 8.85. The van der Waals surface area contributed by atoms with Crippen LogP contribution >= 0.6 is 23.2 Å². The minimum atomic E-state index is -1.02.